The number of benzene rings is 1. The molecule has 3 rings (SSSR count). The van der Waals surface area contributed by atoms with Gasteiger partial charge in [-0.05, 0) is 40.1 Å². The van der Waals surface area contributed by atoms with Crippen LogP contribution in [0.3, 0.4) is 0 Å². The van der Waals surface area contributed by atoms with Crippen LogP contribution in [0.25, 0.3) is 0 Å². The van der Waals surface area contributed by atoms with E-state index in [0.29, 0.717) is 16.3 Å². The summed E-state index contributed by atoms with van der Waals surface area (Å²) in [5.74, 6) is -2.88. The lowest BCUT2D eigenvalue weighted by Gasteiger charge is -2.39. The van der Waals surface area contributed by atoms with E-state index in [-0.39, 0.29) is 49.9 Å². The third-order valence-corrected chi connectivity index (χ3v) is 12.8. The molecule has 16 nitrogen and oxygen atoms in total. The molecular weight excluding hydrogens is 755 g/mol. The number of likely N-dealkylation sites (tertiary alicyclic amines) is 1. The topological polar surface area (TPSA) is 204 Å². The van der Waals surface area contributed by atoms with Gasteiger partial charge in [0.15, 0.2) is 0 Å². The second-order valence-corrected chi connectivity index (χ2v) is 19.8. The fraction of sp³-hybridized carbons (Fsp3) is 0.650. The number of hydrogen-bond acceptors (Lipinski definition) is 9. The number of amides is 6. The Balaban J connectivity index is 1.78. The molecule has 57 heavy (non-hydrogen) atoms. The van der Waals surface area contributed by atoms with Crippen molar-refractivity contribution in [1.82, 2.24) is 34.8 Å². The zero-order chi connectivity index (χ0) is 43.3. The molecular formula is C40H63N7O9S. The van der Waals surface area contributed by atoms with Gasteiger partial charge in [-0.3, -0.25) is 19.2 Å². The Morgan fingerprint density at radius 3 is 2.14 bits per heavy atom. The molecule has 2 fully saturated rings. The lowest BCUT2D eigenvalue weighted by molar-refractivity contribution is -0.145. The summed E-state index contributed by atoms with van der Waals surface area (Å²) in [5, 5.41) is 10.9. The normalized spacial score (nSPS) is 20.3. The van der Waals surface area contributed by atoms with Crippen LogP contribution in [0.2, 0.25) is 0 Å². The zero-order valence-corrected chi connectivity index (χ0v) is 36.1. The Kier molecular flexibility index (Phi) is 15.1. The Labute approximate surface area is 338 Å². The first-order valence-electron chi connectivity index (χ1n) is 19.3. The Morgan fingerprint density at radius 1 is 0.982 bits per heavy atom. The van der Waals surface area contributed by atoms with Crippen LogP contribution in [-0.2, 0) is 40.7 Å². The van der Waals surface area contributed by atoms with Crippen molar-refractivity contribution in [3.63, 3.8) is 0 Å². The number of urea groups is 1. The monoisotopic (exact) mass is 817 g/mol. The van der Waals surface area contributed by atoms with Crippen LogP contribution < -0.4 is 21.3 Å². The Bertz CT molecular complexity index is 1770. The standard InChI is InChI=1S/C40H63N7O9S/c1-13-18-27(31(48)34(50)41-21-14-2)42-33(49)30-29-26(40(29,9)10)22-47(30)35(51)32(39(6,7)8)44-36(52)43-28(38(3,4)5)23-45(11)57(54,55)46(12)37(53)56-24-25-19-16-15-17-20-25/h14-17,19-20,26-30,32H,2,13,18,21-24H2,1,3-12H3,(H,41,50)(H,42,49)(H2,43,44,52)/t26-,27?,28+,29-,30-,32+/m0/s1. The first-order chi connectivity index (χ1) is 26.3. The number of piperidine rings is 1. The summed E-state index contributed by atoms with van der Waals surface area (Å²) in [6.07, 6.45) is 1.09. The highest BCUT2D eigenvalue weighted by Crippen LogP contribution is 2.65. The number of ketones is 1. The van der Waals surface area contributed by atoms with E-state index in [0.717, 1.165) is 11.4 Å². The van der Waals surface area contributed by atoms with E-state index in [4.69, 9.17) is 4.74 Å². The molecule has 0 radical (unpaired) electrons. The number of ether oxygens (including phenoxy) is 1. The number of carbonyl (C=O) groups excluding carboxylic acids is 6. The van der Waals surface area contributed by atoms with Gasteiger partial charge in [-0.1, -0.05) is 105 Å². The van der Waals surface area contributed by atoms with Gasteiger partial charge in [0.05, 0.1) is 6.04 Å². The van der Waals surface area contributed by atoms with Gasteiger partial charge in [-0.15, -0.1) is 6.58 Å². The summed E-state index contributed by atoms with van der Waals surface area (Å²) in [7, 11) is -2.01. The van der Waals surface area contributed by atoms with Gasteiger partial charge < -0.3 is 30.9 Å². The van der Waals surface area contributed by atoms with E-state index in [1.807, 2.05) is 41.5 Å². The van der Waals surface area contributed by atoms with E-state index in [2.05, 4.69) is 27.8 Å². The third-order valence-electron chi connectivity index (χ3n) is 11.0. The SMILES string of the molecule is C=CCNC(=O)C(=O)C(CCC)NC(=O)[C@@H]1[C@@H]2[C@H](CN1C(=O)[C@@H](NC(=O)N[C@H](CN(C)S(=O)(=O)N(C)C(=O)OCc1ccccc1)C(C)(C)C)C(C)(C)C)C2(C)C. The quantitative estimate of drug-likeness (QED) is 0.135. The second kappa shape index (κ2) is 18.4. The lowest BCUT2D eigenvalue weighted by Crippen LogP contribution is -2.63. The molecule has 17 heteroatoms. The van der Waals surface area contributed by atoms with Crippen LogP contribution in [0.4, 0.5) is 9.59 Å². The number of nitrogens with zero attached hydrogens (tertiary/aromatic N) is 3. The van der Waals surface area contributed by atoms with Crippen molar-refractivity contribution in [2.75, 3.05) is 33.7 Å². The second-order valence-electron chi connectivity index (χ2n) is 17.7. The molecule has 0 spiro atoms. The van der Waals surface area contributed by atoms with E-state index in [1.54, 1.807) is 51.1 Å². The zero-order valence-electron chi connectivity index (χ0n) is 35.3. The van der Waals surface area contributed by atoms with Crippen molar-refractivity contribution < 1.29 is 41.9 Å². The summed E-state index contributed by atoms with van der Waals surface area (Å²) in [4.78, 5) is 82.1. The van der Waals surface area contributed by atoms with Crippen LogP contribution in [0.5, 0.6) is 0 Å². The fourth-order valence-corrected chi connectivity index (χ4v) is 8.18. The van der Waals surface area contributed by atoms with Crippen molar-refractivity contribution in [2.24, 2.45) is 28.1 Å². The Morgan fingerprint density at radius 2 is 1.60 bits per heavy atom. The maximum absolute atomic E-state index is 14.5. The number of rotatable bonds is 17. The summed E-state index contributed by atoms with van der Waals surface area (Å²) < 4.78 is 33.6. The average Bonchev–Trinajstić information content (AvgIpc) is 3.42. The molecule has 1 aromatic rings. The molecule has 2 aliphatic rings. The van der Waals surface area contributed by atoms with Gasteiger partial charge >= 0.3 is 22.3 Å². The molecule has 0 bridgehead atoms. The molecule has 1 aromatic carbocycles. The highest BCUT2D eigenvalue weighted by Gasteiger charge is 2.70. The first-order valence-corrected chi connectivity index (χ1v) is 20.7. The third kappa shape index (κ3) is 11.3. The number of carbonyl (C=O) groups is 6. The minimum Gasteiger partial charge on any atom is -0.444 e. The largest absolute Gasteiger partial charge is 0.444 e. The molecule has 1 unspecified atom stereocenters. The van der Waals surface area contributed by atoms with Crippen molar-refractivity contribution in [2.45, 2.75) is 106 Å². The van der Waals surface area contributed by atoms with Crippen LogP contribution in [0.1, 0.15) is 80.7 Å². The number of Topliss-reactive ketones (excluding diaryl/α,β-unsaturated/α-hetero) is 1. The summed E-state index contributed by atoms with van der Waals surface area (Å²) in [6, 6.07) is 4.09. The van der Waals surface area contributed by atoms with Crippen molar-refractivity contribution >= 4 is 45.8 Å². The van der Waals surface area contributed by atoms with Gasteiger partial charge in [-0.25, -0.2) is 9.59 Å². The lowest BCUT2D eigenvalue weighted by atomic mass is 9.85. The van der Waals surface area contributed by atoms with E-state index in [9.17, 15) is 37.2 Å². The maximum atomic E-state index is 14.5. The van der Waals surface area contributed by atoms with Crippen LogP contribution in [0.15, 0.2) is 43.0 Å². The number of nitrogens with one attached hydrogen (secondary N) is 4. The maximum Gasteiger partial charge on any atom is 0.424 e. The average molecular weight is 818 g/mol. The van der Waals surface area contributed by atoms with Gasteiger partial charge in [0, 0.05) is 39.8 Å². The highest BCUT2D eigenvalue weighted by molar-refractivity contribution is 7.87. The molecule has 1 aliphatic carbocycles. The smallest absolute Gasteiger partial charge is 0.424 e. The molecule has 6 amide bonds. The van der Waals surface area contributed by atoms with Crippen LogP contribution in [-0.4, -0.2) is 115 Å². The van der Waals surface area contributed by atoms with Crippen molar-refractivity contribution in [3.05, 3.63) is 48.6 Å². The first kappa shape index (κ1) is 46.9. The van der Waals surface area contributed by atoms with E-state index in [1.165, 1.54) is 18.0 Å². The van der Waals surface area contributed by atoms with Crippen molar-refractivity contribution in [3.8, 4) is 0 Å². The van der Waals surface area contributed by atoms with Gasteiger partial charge in [-0.2, -0.15) is 17.0 Å². The highest BCUT2D eigenvalue weighted by atomic mass is 32.2. The van der Waals surface area contributed by atoms with Gasteiger partial charge in [0.25, 0.3) is 5.91 Å². The van der Waals surface area contributed by atoms with Crippen molar-refractivity contribution in [1.29, 1.82) is 0 Å². The number of hydrogen-bond donors (Lipinski definition) is 4. The predicted octanol–water partition coefficient (Wildman–Crippen LogP) is 3.20. The minimum absolute atomic E-state index is 0.000583. The van der Waals surface area contributed by atoms with Crippen LogP contribution >= 0.6 is 0 Å². The van der Waals surface area contributed by atoms with Gasteiger partial charge in [0.2, 0.25) is 17.6 Å². The molecule has 1 heterocycles. The predicted molar refractivity (Wildman–Crippen MR) is 215 cm³/mol. The molecule has 1 saturated heterocycles. The molecule has 1 saturated carbocycles. The fourth-order valence-electron chi connectivity index (χ4n) is 7.18. The van der Waals surface area contributed by atoms with E-state index < -0.39 is 80.8 Å². The summed E-state index contributed by atoms with van der Waals surface area (Å²) in [6.45, 7) is 20.1. The molecule has 0 aromatic heterocycles. The van der Waals surface area contributed by atoms with E-state index >= 15 is 0 Å². The van der Waals surface area contributed by atoms with Crippen LogP contribution in [0, 0.1) is 28.1 Å². The molecule has 4 N–H and O–H groups in total. The summed E-state index contributed by atoms with van der Waals surface area (Å²) >= 11 is 0. The molecule has 1 aliphatic heterocycles. The molecule has 318 valence electrons. The number of likely N-dealkylation sites (N-methyl/N-ethyl adjacent to an activating group) is 1. The number of fused-ring (bicyclic) bond motifs is 1. The molecule has 6 atom stereocenters. The minimum atomic E-state index is -4.38. The van der Waals surface area contributed by atoms with Gasteiger partial charge in [0.1, 0.15) is 18.7 Å². The Hall–Kier alpha value is -4.51. The summed E-state index contributed by atoms with van der Waals surface area (Å²) in [5.41, 5.74) is -1.12.